The van der Waals surface area contributed by atoms with E-state index in [1.165, 1.54) is 13.7 Å². The van der Waals surface area contributed by atoms with Crippen LogP contribution in [0.5, 0.6) is 0 Å². The van der Waals surface area contributed by atoms with Crippen molar-refractivity contribution in [1.82, 2.24) is 0 Å². The Bertz CT molecular complexity index is 174. The third-order valence-electron chi connectivity index (χ3n) is 1.25. The Balaban J connectivity index is 4.43. The summed E-state index contributed by atoms with van der Waals surface area (Å²) in [6.07, 6.45) is 0. The van der Waals surface area contributed by atoms with Crippen LogP contribution >= 0.6 is 8.20 Å². The Labute approximate surface area is 79.4 Å². The van der Waals surface area contributed by atoms with Gasteiger partial charge in [0.1, 0.15) is 0 Å². The first-order chi connectivity index (χ1) is 5.17. The topological polar surface area (TPSA) is 9.23 Å². The molecular weight excluding hydrogens is 183 g/mol. The molecule has 0 aliphatic heterocycles. The smallest absolute Gasteiger partial charge is 0.191 e. The highest BCUT2D eigenvalue weighted by molar-refractivity contribution is 7.39. The zero-order chi connectivity index (χ0) is 9.99. The molecule has 0 atom stereocenters. The van der Waals surface area contributed by atoms with Crippen LogP contribution in [-0.2, 0) is 4.43 Å². The van der Waals surface area contributed by atoms with E-state index >= 15 is 0 Å². The molecule has 0 heterocycles. The van der Waals surface area contributed by atoms with Crippen molar-refractivity contribution in [2.75, 3.05) is 6.66 Å². The highest BCUT2D eigenvalue weighted by Crippen LogP contribution is 2.23. The fraction of sp³-hybridized carbons (Fsp3) is 0.889. The molecule has 0 saturated heterocycles. The zero-order valence-corrected chi connectivity index (χ0v) is 11.2. The Morgan fingerprint density at radius 3 is 1.67 bits per heavy atom. The zero-order valence-electron chi connectivity index (χ0n) is 9.36. The van der Waals surface area contributed by atoms with Gasteiger partial charge in [0.05, 0.1) is 5.48 Å². The van der Waals surface area contributed by atoms with Crippen molar-refractivity contribution in [2.45, 2.75) is 40.4 Å². The van der Waals surface area contributed by atoms with Crippen LogP contribution in [-0.4, -0.2) is 20.5 Å². The predicted octanol–water partition coefficient (Wildman–Crippen LogP) is 3.59. The molecular formula is C9H21OPSi. The van der Waals surface area contributed by atoms with Gasteiger partial charge in [-0.1, -0.05) is 29.0 Å². The molecule has 0 aromatic carbocycles. The van der Waals surface area contributed by atoms with Gasteiger partial charge in [0, 0.05) is 5.41 Å². The molecule has 0 rings (SSSR count). The monoisotopic (exact) mass is 204 g/mol. The molecule has 72 valence electrons. The van der Waals surface area contributed by atoms with Crippen molar-refractivity contribution >= 4 is 22.0 Å². The van der Waals surface area contributed by atoms with Gasteiger partial charge < -0.3 is 4.43 Å². The molecule has 3 heteroatoms. The van der Waals surface area contributed by atoms with Crippen LogP contribution in [0.3, 0.4) is 0 Å². The van der Waals surface area contributed by atoms with Crippen LogP contribution in [0.15, 0.2) is 0 Å². The summed E-state index contributed by atoms with van der Waals surface area (Å²) in [6.45, 7) is 15.4. The van der Waals surface area contributed by atoms with Gasteiger partial charge in [-0.15, -0.1) is 0 Å². The van der Waals surface area contributed by atoms with Gasteiger partial charge in [-0.05, 0) is 26.3 Å². The summed E-state index contributed by atoms with van der Waals surface area (Å²) in [4.78, 5) is 0. The van der Waals surface area contributed by atoms with Crippen molar-refractivity contribution in [3.05, 3.63) is 0 Å². The SMILES string of the molecule is CP=C(O[Si](C)(C)C)C(C)(C)C. The largest absolute Gasteiger partial charge is 0.385 e. The minimum atomic E-state index is -1.40. The van der Waals surface area contributed by atoms with Crippen LogP contribution in [0, 0.1) is 5.41 Å². The van der Waals surface area contributed by atoms with E-state index in [4.69, 9.17) is 4.43 Å². The second-order valence-electron chi connectivity index (χ2n) is 4.99. The quantitative estimate of drug-likeness (QED) is 0.493. The Hall–Kier alpha value is 0.347. The summed E-state index contributed by atoms with van der Waals surface area (Å²) >= 11 is 0. The fourth-order valence-corrected chi connectivity index (χ4v) is 3.57. The van der Waals surface area contributed by atoms with Crippen molar-refractivity contribution in [2.24, 2.45) is 5.41 Å². The highest BCUT2D eigenvalue weighted by Gasteiger charge is 2.24. The first kappa shape index (κ1) is 12.3. The van der Waals surface area contributed by atoms with E-state index in [1.807, 2.05) is 0 Å². The van der Waals surface area contributed by atoms with Crippen molar-refractivity contribution in [3.8, 4) is 0 Å². The molecule has 0 saturated carbocycles. The molecule has 0 aromatic rings. The van der Waals surface area contributed by atoms with Crippen LogP contribution < -0.4 is 0 Å². The lowest BCUT2D eigenvalue weighted by atomic mass is 9.99. The van der Waals surface area contributed by atoms with E-state index in [-0.39, 0.29) is 5.41 Å². The summed E-state index contributed by atoms with van der Waals surface area (Å²) < 4.78 is 5.99. The first-order valence-corrected chi connectivity index (χ1v) is 9.08. The van der Waals surface area contributed by atoms with Gasteiger partial charge in [0.25, 0.3) is 0 Å². The molecule has 0 bridgehead atoms. The van der Waals surface area contributed by atoms with E-state index in [1.54, 1.807) is 0 Å². The maximum absolute atomic E-state index is 5.99. The average molecular weight is 204 g/mol. The molecule has 0 fully saturated rings. The lowest BCUT2D eigenvalue weighted by Crippen LogP contribution is -2.34. The minimum absolute atomic E-state index is 0.191. The van der Waals surface area contributed by atoms with Crippen LogP contribution in [0.2, 0.25) is 19.6 Å². The third kappa shape index (κ3) is 5.07. The van der Waals surface area contributed by atoms with Gasteiger partial charge in [0.2, 0.25) is 0 Å². The number of hydrogen-bond donors (Lipinski definition) is 0. The summed E-state index contributed by atoms with van der Waals surface area (Å²) in [7, 11) is -0.127. The summed E-state index contributed by atoms with van der Waals surface area (Å²) in [5.41, 5.74) is 1.41. The third-order valence-corrected chi connectivity index (χ3v) is 3.40. The lowest BCUT2D eigenvalue weighted by Gasteiger charge is -2.28. The van der Waals surface area contributed by atoms with Gasteiger partial charge in [0.15, 0.2) is 8.32 Å². The highest BCUT2D eigenvalue weighted by atomic mass is 31.1. The molecule has 0 radical (unpaired) electrons. The molecule has 0 unspecified atom stereocenters. The molecule has 0 aliphatic rings. The summed E-state index contributed by atoms with van der Waals surface area (Å²) in [5, 5.41) is 0. The molecule has 0 aliphatic carbocycles. The van der Waals surface area contributed by atoms with Crippen LogP contribution in [0.4, 0.5) is 0 Å². The fourth-order valence-electron chi connectivity index (χ4n) is 0.824. The van der Waals surface area contributed by atoms with Gasteiger partial charge in [-0.2, -0.15) is 0 Å². The van der Waals surface area contributed by atoms with Crippen LogP contribution in [0.1, 0.15) is 20.8 Å². The van der Waals surface area contributed by atoms with E-state index in [0.29, 0.717) is 0 Å². The van der Waals surface area contributed by atoms with Crippen molar-refractivity contribution in [3.63, 3.8) is 0 Å². The van der Waals surface area contributed by atoms with Crippen LogP contribution in [0.25, 0.3) is 0 Å². The van der Waals surface area contributed by atoms with E-state index in [9.17, 15) is 0 Å². The Morgan fingerprint density at radius 1 is 1.17 bits per heavy atom. The van der Waals surface area contributed by atoms with Gasteiger partial charge in [-0.3, -0.25) is 0 Å². The van der Waals surface area contributed by atoms with E-state index in [2.05, 4.69) is 47.1 Å². The Kier molecular flexibility index (Phi) is 4.15. The molecule has 0 aromatic heterocycles. The molecule has 0 spiro atoms. The molecule has 1 nitrogen and oxygen atoms in total. The Morgan fingerprint density at radius 2 is 1.58 bits per heavy atom. The summed E-state index contributed by atoms with van der Waals surface area (Å²) in [5.74, 6) is 0. The maximum atomic E-state index is 5.99. The number of rotatable bonds is 2. The second-order valence-corrected chi connectivity index (χ2v) is 10.3. The van der Waals surface area contributed by atoms with E-state index < -0.39 is 8.32 Å². The minimum Gasteiger partial charge on any atom is -0.385 e. The lowest BCUT2D eigenvalue weighted by molar-refractivity contribution is 0.447. The normalized spacial score (nSPS) is 15.1. The molecule has 0 amide bonds. The first-order valence-electron chi connectivity index (χ1n) is 4.33. The summed E-state index contributed by atoms with van der Waals surface area (Å²) in [6, 6.07) is 0. The number of hydrogen-bond acceptors (Lipinski definition) is 1. The predicted molar refractivity (Wildman–Crippen MR) is 61.7 cm³/mol. The standard InChI is InChI=1S/C9H21OPSi/c1-9(2,3)8(11-4)10-12(5,6)7/h1-7H3. The van der Waals surface area contributed by atoms with Crippen molar-refractivity contribution < 1.29 is 4.43 Å². The van der Waals surface area contributed by atoms with Gasteiger partial charge in [-0.25, -0.2) is 0 Å². The molecule has 0 N–H and O–H groups in total. The van der Waals surface area contributed by atoms with Gasteiger partial charge >= 0.3 is 0 Å². The maximum Gasteiger partial charge on any atom is 0.191 e. The van der Waals surface area contributed by atoms with E-state index in [0.717, 1.165) is 0 Å². The van der Waals surface area contributed by atoms with Crippen molar-refractivity contribution in [1.29, 1.82) is 0 Å². The molecule has 12 heavy (non-hydrogen) atoms. The average Bonchev–Trinajstić information content (AvgIpc) is 1.78. The second kappa shape index (κ2) is 4.04.